The van der Waals surface area contributed by atoms with Crippen LogP contribution >= 0.6 is 0 Å². The second-order valence-electron chi connectivity index (χ2n) is 7.25. The quantitative estimate of drug-likeness (QED) is 0.296. The molecule has 25 heavy (non-hydrogen) atoms. The third kappa shape index (κ3) is 11.1. The molecule has 0 radical (unpaired) electrons. The predicted octanol–water partition coefficient (Wildman–Crippen LogP) is 3.09. The summed E-state index contributed by atoms with van der Waals surface area (Å²) in [6, 6.07) is -0.508. The minimum Gasteiger partial charge on any atom is -0.465 e. The van der Waals surface area contributed by atoms with Gasteiger partial charge in [-0.25, -0.2) is 0 Å². The van der Waals surface area contributed by atoms with Crippen LogP contribution < -0.4 is 5.32 Å². The second-order valence-corrected chi connectivity index (χ2v) is 7.25. The van der Waals surface area contributed by atoms with Crippen LogP contribution in [-0.4, -0.2) is 55.5 Å². The highest BCUT2D eigenvalue weighted by molar-refractivity contribution is 5.85. The van der Waals surface area contributed by atoms with Gasteiger partial charge in [-0.2, -0.15) is 0 Å². The monoisotopic (exact) mass is 352 g/mol. The highest BCUT2D eigenvalue weighted by atomic mass is 16.5. The van der Waals surface area contributed by atoms with E-state index < -0.39 is 6.04 Å². The van der Waals surface area contributed by atoms with E-state index in [1.807, 2.05) is 6.92 Å². The second kappa shape index (κ2) is 13.1. The van der Waals surface area contributed by atoms with Crippen molar-refractivity contribution < 1.29 is 14.3 Å². The van der Waals surface area contributed by atoms with Crippen LogP contribution in [0.15, 0.2) is 12.2 Å². The van der Waals surface area contributed by atoms with E-state index >= 15 is 0 Å². The van der Waals surface area contributed by atoms with Crippen LogP contribution in [0, 0.1) is 0 Å². The molecule has 0 aromatic carbocycles. The summed E-state index contributed by atoms with van der Waals surface area (Å²) in [5.74, 6) is -0.285. The third-order valence-corrected chi connectivity index (χ3v) is 4.51. The fourth-order valence-corrected chi connectivity index (χ4v) is 3.09. The first-order valence-electron chi connectivity index (χ1n) is 9.75. The van der Waals surface area contributed by atoms with E-state index in [2.05, 4.69) is 16.8 Å². The normalized spacial score (nSPS) is 15.9. The number of allylic oxidation sites excluding steroid dienone is 1. The third-order valence-electron chi connectivity index (χ3n) is 4.51. The van der Waals surface area contributed by atoms with E-state index in [9.17, 15) is 9.59 Å². The van der Waals surface area contributed by atoms with Gasteiger partial charge in [0, 0.05) is 6.42 Å². The molecule has 0 spiro atoms. The van der Waals surface area contributed by atoms with Gasteiger partial charge in [0.1, 0.15) is 11.8 Å². The fraction of sp³-hybridized carbons (Fsp3) is 0.800. The number of Topliss-reactive ketones (excluding diaryl/α,β-unsaturated/α-hetero) is 1. The lowest BCUT2D eigenvalue weighted by Gasteiger charge is -2.18. The number of likely N-dealkylation sites (tertiary alicyclic amines) is 1. The summed E-state index contributed by atoms with van der Waals surface area (Å²) < 4.78 is 5.36. The first-order chi connectivity index (χ1) is 12.0. The van der Waals surface area contributed by atoms with E-state index in [1.165, 1.54) is 38.4 Å². The summed E-state index contributed by atoms with van der Waals surface area (Å²) in [6.45, 7) is 12.0. The molecule has 1 aliphatic rings. The molecule has 1 atom stereocenters. The highest BCUT2D eigenvalue weighted by Crippen LogP contribution is 2.08. The minimum absolute atomic E-state index is 0.00968. The number of carbonyl (C=O) groups is 2. The maximum Gasteiger partial charge on any atom is 0.323 e. The van der Waals surface area contributed by atoms with Gasteiger partial charge in [-0.1, -0.05) is 5.57 Å². The van der Waals surface area contributed by atoms with Crippen LogP contribution in [0.3, 0.4) is 0 Å². The Bertz CT molecular complexity index is 417. The number of hydrogen-bond acceptors (Lipinski definition) is 5. The molecule has 0 bridgehead atoms. The smallest absolute Gasteiger partial charge is 0.323 e. The van der Waals surface area contributed by atoms with Crippen molar-refractivity contribution in [2.24, 2.45) is 0 Å². The van der Waals surface area contributed by atoms with Crippen LogP contribution in [-0.2, 0) is 14.3 Å². The molecule has 0 aliphatic carbocycles. The Labute approximate surface area is 153 Å². The molecule has 1 N–H and O–H groups in total. The lowest BCUT2D eigenvalue weighted by atomic mass is 10.1. The molecule has 0 saturated carbocycles. The summed E-state index contributed by atoms with van der Waals surface area (Å²) in [7, 11) is 0. The van der Waals surface area contributed by atoms with E-state index in [1.54, 1.807) is 0 Å². The van der Waals surface area contributed by atoms with Crippen molar-refractivity contribution in [3.05, 3.63) is 12.2 Å². The fourth-order valence-electron chi connectivity index (χ4n) is 3.09. The Morgan fingerprint density at radius 3 is 2.48 bits per heavy atom. The molecule has 0 aromatic heterocycles. The lowest BCUT2D eigenvalue weighted by Crippen LogP contribution is -2.40. The molecular formula is C20H36N2O3. The van der Waals surface area contributed by atoms with Crippen molar-refractivity contribution in [1.82, 2.24) is 10.2 Å². The topological polar surface area (TPSA) is 58.6 Å². The Hall–Kier alpha value is -1.20. The number of rotatable bonds is 14. The Morgan fingerprint density at radius 2 is 1.84 bits per heavy atom. The SMILES string of the molecule is C=C(C)CCCCCOC(=O)C(CC(C)=O)NCCCN1CCCC1. The summed E-state index contributed by atoms with van der Waals surface area (Å²) in [4.78, 5) is 26.1. The summed E-state index contributed by atoms with van der Waals surface area (Å²) in [5, 5.41) is 3.21. The maximum absolute atomic E-state index is 12.2. The molecule has 0 aromatic rings. The molecule has 1 unspecified atom stereocenters. The van der Waals surface area contributed by atoms with Gasteiger partial charge in [-0.3, -0.25) is 9.59 Å². The van der Waals surface area contributed by atoms with Crippen molar-refractivity contribution in [2.45, 2.75) is 71.3 Å². The highest BCUT2D eigenvalue weighted by Gasteiger charge is 2.21. The van der Waals surface area contributed by atoms with E-state index in [-0.39, 0.29) is 18.2 Å². The number of hydrogen-bond donors (Lipinski definition) is 1. The maximum atomic E-state index is 12.2. The zero-order valence-corrected chi connectivity index (χ0v) is 16.1. The van der Waals surface area contributed by atoms with Crippen molar-refractivity contribution in [2.75, 3.05) is 32.8 Å². The van der Waals surface area contributed by atoms with Crippen molar-refractivity contribution in [1.29, 1.82) is 0 Å². The molecule has 1 heterocycles. The molecule has 144 valence electrons. The number of esters is 1. The van der Waals surface area contributed by atoms with Crippen molar-refractivity contribution in [3.8, 4) is 0 Å². The Morgan fingerprint density at radius 1 is 1.12 bits per heavy atom. The zero-order chi connectivity index (χ0) is 18.5. The number of unbranched alkanes of at least 4 members (excludes halogenated alkanes) is 2. The van der Waals surface area contributed by atoms with Gasteiger partial charge in [0.25, 0.3) is 0 Å². The molecule has 1 rings (SSSR count). The van der Waals surface area contributed by atoms with Gasteiger partial charge in [-0.15, -0.1) is 6.58 Å². The molecule has 5 heteroatoms. The van der Waals surface area contributed by atoms with Crippen LogP contribution in [0.2, 0.25) is 0 Å². The standard InChI is InChI=1S/C20H36N2O3/c1-17(2)10-5-4-8-15-25-20(24)19(16-18(3)23)21-11-9-14-22-12-6-7-13-22/h19,21H,1,4-16H2,2-3H3. The molecule has 1 fully saturated rings. The van der Waals surface area contributed by atoms with E-state index in [0.717, 1.165) is 45.2 Å². The van der Waals surface area contributed by atoms with E-state index in [4.69, 9.17) is 4.74 Å². The summed E-state index contributed by atoms with van der Waals surface area (Å²) in [5.41, 5.74) is 1.19. The van der Waals surface area contributed by atoms with Crippen LogP contribution in [0.5, 0.6) is 0 Å². The average molecular weight is 353 g/mol. The Balaban J connectivity index is 2.19. The van der Waals surface area contributed by atoms with Gasteiger partial charge >= 0.3 is 5.97 Å². The van der Waals surface area contributed by atoms with Gasteiger partial charge in [0.05, 0.1) is 6.61 Å². The van der Waals surface area contributed by atoms with Gasteiger partial charge in [0.2, 0.25) is 0 Å². The average Bonchev–Trinajstić information content (AvgIpc) is 3.06. The number of ketones is 1. The minimum atomic E-state index is -0.508. The zero-order valence-electron chi connectivity index (χ0n) is 16.1. The number of carbonyl (C=O) groups excluding carboxylic acids is 2. The molecular weight excluding hydrogens is 316 g/mol. The lowest BCUT2D eigenvalue weighted by molar-refractivity contribution is -0.147. The first kappa shape index (κ1) is 21.8. The Kier molecular flexibility index (Phi) is 11.4. The molecule has 0 amide bonds. The number of nitrogens with zero attached hydrogens (tertiary/aromatic N) is 1. The van der Waals surface area contributed by atoms with Crippen molar-refractivity contribution in [3.63, 3.8) is 0 Å². The van der Waals surface area contributed by atoms with Gasteiger partial charge < -0.3 is 15.0 Å². The first-order valence-corrected chi connectivity index (χ1v) is 9.75. The van der Waals surface area contributed by atoms with Gasteiger partial charge in [-0.05, 0) is 85.0 Å². The van der Waals surface area contributed by atoms with Crippen LogP contribution in [0.4, 0.5) is 0 Å². The summed E-state index contributed by atoms with van der Waals surface area (Å²) >= 11 is 0. The van der Waals surface area contributed by atoms with Crippen LogP contribution in [0.1, 0.15) is 65.2 Å². The number of ether oxygens (including phenoxy) is 1. The predicted molar refractivity (Wildman–Crippen MR) is 102 cm³/mol. The number of nitrogens with one attached hydrogen (secondary N) is 1. The van der Waals surface area contributed by atoms with Crippen LogP contribution in [0.25, 0.3) is 0 Å². The van der Waals surface area contributed by atoms with Crippen molar-refractivity contribution >= 4 is 11.8 Å². The summed E-state index contributed by atoms with van der Waals surface area (Å²) in [6.07, 6.45) is 7.78. The van der Waals surface area contributed by atoms with Gasteiger partial charge in [0.15, 0.2) is 0 Å². The molecule has 1 aliphatic heterocycles. The largest absolute Gasteiger partial charge is 0.465 e. The molecule has 5 nitrogen and oxygen atoms in total. The molecule has 1 saturated heterocycles. The van der Waals surface area contributed by atoms with E-state index in [0.29, 0.717) is 6.61 Å².